The van der Waals surface area contributed by atoms with Gasteiger partial charge in [0.05, 0.1) is 4.91 Å². The number of amides is 2. The zero-order chi connectivity index (χ0) is 17.1. The highest BCUT2D eigenvalue weighted by atomic mass is 35.5. The molecule has 1 heterocycles. The maximum atomic E-state index is 12.2. The van der Waals surface area contributed by atoms with Crippen molar-refractivity contribution < 1.29 is 9.59 Å². The number of imide groups is 1. The number of hydrogen-bond donors (Lipinski definition) is 0. The summed E-state index contributed by atoms with van der Waals surface area (Å²) in [6, 6.07) is 15.4. The molecule has 1 fully saturated rings. The van der Waals surface area contributed by atoms with E-state index in [4.69, 9.17) is 11.6 Å². The predicted octanol–water partition coefficient (Wildman–Crippen LogP) is 5.23. The highest BCUT2D eigenvalue weighted by molar-refractivity contribution is 8.18. The van der Waals surface area contributed by atoms with Crippen molar-refractivity contribution in [3.63, 3.8) is 0 Å². The molecule has 2 aromatic rings. The molecule has 0 atom stereocenters. The van der Waals surface area contributed by atoms with Crippen molar-refractivity contribution in [2.75, 3.05) is 6.54 Å². The SMILES string of the molecule is C=CCN1C(=O)SC(=Cc2ccc(-c3ccc(Cl)cc3)cc2)C1=O. The molecule has 0 unspecified atom stereocenters. The van der Waals surface area contributed by atoms with Gasteiger partial charge in [0.25, 0.3) is 11.1 Å². The van der Waals surface area contributed by atoms with Gasteiger partial charge in [0, 0.05) is 11.6 Å². The summed E-state index contributed by atoms with van der Waals surface area (Å²) in [4.78, 5) is 25.6. The number of carbonyl (C=O) groups is 2. The summed E-state index contributed by atoms with van der Waals surface area (Å²) in [7, 11) is 0. The van der Waals surface area contributed by atoms with Crippen molar-refractivity contribution in [1.29, 1.82) is 0 Å². The Kier molecular flexibility index (Phi) is 4.88. The molecule has 1 aliphatic rings. The summed E-state index contributed by atoms with van der Waals surface area (Å²) < 4.78 is 0. The second kappa shape index (κ2) is 7.07. The van der Waals surface area contributed by atoms with Gasteiger partial charge in [0.1, 0.15) is 0 Å². The van der Waals surface area contributed by atoms with E-state index in [1.165, 1.54) is 4.90 Å². The Hall–Kier alpha value is -2.30. The Morgan fingerprint density at radius 3 is 2.17 bits per heavy atom. The van der Waals surface area contributed by atoms with Crippen LogP contribution in [-0.4, -0.2) is 22.6 Å². The van der Waals surface area contributed by atoms with Crippen LogP contribution in [0.15, 0.2) is 66.1 Å². The molecule has 2 aromatic carbocycles. The fourth-order valence-electron chi connectivity index (χ4n) is 2.35. The Morgan fingerprint density at radius 1 is 1.00 bits per heavy atom. The summed E-state index contributed by atoms with van der Waals surface area (Å²) in [6.07, 6.45) is 3.28. The van der Waals surface area contributed by atoms with E-state index in [1.54, 1.807) is 12.2 Å². The minimum atomic E-state index is -0.272. The number of thioether (sulfide) groups is 1. The minimum absolute atomic E-state index is 0.234. The zero-order valence-corrected chi connectivity index (χ0v) is 14.3. The second-order valence-corrected chi connectivity index (χ2v) is 6.64. The van der Waals surface area contributed by atoms with Gasteiger partial charge in [-0.1, -0.05) is 54.1 Å². The van der Waals surface area contributed by atoms with E-state index in [0.29, 0.717) is 9.93 Å². The third-order valence-corrected chi connectivity index (χ3v) is 4.73. The van der Waals surface area contributed by atoms with Crippen molar-refractivity contribution in [2.45, 2.75) is 0 Å². The Morgan fingerprint density at radius 2 is 1.58 bits per heavy atom. The van der Waals surface area contributed by atoms with Gasteiger partial charge in [0.15, 0.2) is 0 Å². The lowest BCUT2D eigenvalue weighted by molar-refractivity contribution is -0.122. The van der Waals surface area contributed by atoms with Crippen LogP contribution in [0.25, 0.3) is 17.2 Å². The zero-order valence-electron chi connectivity index (χ0n) is 12.7. The van der Waals surface area contributed by atoms with E-state index in [0.717, 1.165) is 28.5 Å². The first-order valence-corrected chi connectivity index (χ1v) is 8.50. The van der Waals surface area contributed by atoms with Crippen molar-refractivity contribution in [1.82, 2.24) is 4.90 Å². The lowest BCUT2D eigenvalue weighted by Crippen LogP contribution is -2.27. The monoisotopic (exact) mass is 355 g/mol. The maximum Gasteiger partial charge on any atom is 0.293 e. The molecule has 3 rings (SSSR count). The molecule has 5 heteroatoms. The molecule has 3 nitrogen and oxygen atoms in total. The van der Waals surface area contributed by atoms with Crippen LogP contribution >= 0.6 is 23.4 Å². The molecule has 0 spiro atoms. The standard InChI is InChI=1S/C19H14ClNO2S/c1-2-11-21-18(22)17(24-19(21)23)12-13-3-5-14(6-4-13)15-7-9-16(20)10-8-15/h2-10,12H,1,11H2. The van der Waals surface area contributed by atoms with Crippen molar-refractivity contribution >= 4 is 40.6 Å². The molecule has 0 saturated carbocycles. The highest BCUT2D eigenvalue weighted by Gasteiger charge is 2.33. The second-order valence-electron chi connectivity index (χ2n) is 5.21. The van der Waals surface area contributed by atoms with Crippen molar-refractivity contribution in [3.05, 3.63) is 76.7 Å². The number of carbonyl (C=O) groups excluding carboxylic acids is 2. The van der Waals surface area contributed by atoms with Crippen molar-refractivity contribution in [2.24, 2.45) is 0 Å². The molecule has 0 N–H and O–H groups in total. The molecule has 2 amide bonds. The lowest BCUT2D eigenvalue weighted by Gasteiger charge is -2.07. The smallest absolute Gasteiger partial charge is 0.268 e. The largest absolute Gasteiger partial charge is 0.293 e. The van der Waals surface area contributed by atoms with Gasteiger partial charge < -0.3 is 0 Å². The molecule has 1 saturated heterocycles. The summed E-state index contributed by atoms with van der Waals surface area (Å²) in [5.74, 6) is -0.272. The number of hydrogen-bond acceptors (Lipinski definition) is 3. The molecule has 1 aliphatic heterocycles. The summed E-state index contributed by atoms with van der Waals surface area (Å²) in [5, 5.41) is 0.439. The summed E-state index contributed by atoms with van der Waals surface area (Å²) in [6.45, 7) is 3.80. The van der Waals surface area contributed by atoms with E-state index in [2.05, 4.69) is 6.58 Å². The van der Waals surface area contributed by atoms with Gasteiger partial charge in [-0.3, -0.25) is 14.5 Å². The fraction of sp³-hybridized carbons (Fsp3) is 0.0526. The topological polar surface area (TPSA) is 37.4 Å². The van der Waals surface area contributed by atoms with Crippen molar-refractivity contribution in [3.8, 4) is 11.1 Å². The molecule has 0 radical (unpaired) electrons. The molecular formula is C19H14ClNO2S. The number of nitrogens with zero attached hydrogens (tertiary/aromatic N) is 1. The fourth-order valence-corrected chi connectivity index (χ4v) is 3.33. The molecule has 24 heavy (non-hydrogen) atoms. The van der Waals surface area contributed by atoms with E-state index >= 15 is 0 Å². The number of benzene rings is 2. The minimum Gasteiger partial charge on any atom is -0.268 e. The van der Waals surface area contributed by atoms with Crippen LogP contribution in [0.3, 0.4) is 0 Å². The first-order valence-electron chi connectivity index (χ1n) is 7.31. The summed E-state index contributed by atoms with van der Waals surface area (Å²) >= 11 is 6.85. The van der Waals surface area contributed by atoms with E-state index in [1.807, 2.05) is 48.5 Å². The Labute approximate surface area is 149 Å². The predicted molar refractivity (Wildman–Crippen MR) is 99.8 cm³/mol. The highest BCUT2D eigenvalue weighted by Crippen LogP contribution is 2.32. The lowest BCUT2D eigenvalue weighted by atomic mass is 10.0. The molecule has 0 aliphatic carbocycles. The first kappa shape index (κ1) is 16.6. The van der Waals surface area contributed by atoms with Crippen LogP contribution in [0.4, 0.5) is 4.79 Å². The van der Waals surface area contributed by atoms with Crippen LogP contribution in [0.5, 0.6) is 0 Å². The van der Waals surface area contributed by atoms with Gasteiger partial charge in [-0.05, 0) is 46.7 Å². The quantitative estimate of drug-likeness (QED) is 0.556. The average molecular weight is 356 g/mol. The van der Waals surface area contributed by atoms with Crippen LogP contribution in [0.1, 0.15) is 5.56 Å². The van der Waals surface area contributed by atoms with Gasteiger partial charge in [0.2, 0.25) is 0 Å². The molecular weight excluding hydrogens is 342 g/mol. The van der Waals surface area contributed by atoms with Crippen LogP contribution < -0.4 is 0 Å². The average Bonchev–Trinajstić information content (AvgIpc) is 2.84. The van der Waals surface area contributed by atoms with Gasteiger partial charge in [-0.2, -0.15) is 0 Å². The third kappa shape index (κ3) is 3.45. The third-order valence-electron chi connectivity index (χ3n) is 3.57. The van der Waals surface area contributed by atoms with Gasteiger partial charge in [-0.25, -0.2) is 0 Å². The molecule has 0 aromatic heterocycles. The van der Waals surface area contributed by atoms with Crippen LogP contribution in [0.2, 0.25) is 5.02 Å². The summed E-state index contributed by atoms with van der Waals surface area (Å²) in [5.41, 5.74) is 3.00. The molecule has 120 valence electrons. The molecule has 0 bridgehead atoms. The van der Waals surface area contributed by atoms with Crippen LogP contribution in [-0.2, 0) is 4.79 Å². The Bertz CT molecular complexity index is 825. The normalized spacial score (nSPS) is 16.0. The number of rotatable bonds is 4. The Balaban J connectivity index is 1.81. The van der Waals surface area contributed by atoms with Gasteiger partial charge >= 0.3 is 0 Å². The number of halogens is 1. The maximum absolute atomic E-state index is 12.2. The van der Waals surface area contributed by atoms with E-state index in [-0.39, 0.29) is 17.7 Å². The van der Waals surface area contributed by atoms with Crippen LogP contribution in [0, 0.1) is 0 Å². The van der Waals surface area contributed by atoms with E-state index < -0.39 is 0 Å². The van der Waals surface area contributed by atoms with Gasteiger partial charge in [-0.15, -0.1) is 6.58 Å². The first-order chi connectivity index (χ1) is 11.6. The van der Waals surface area contributed by atoms with E-state index in [9.17, 15) is 9.59 Å².